The van der Waals surface area contributed by atoms with Gasteiger partial charge in [0.15, 0.2) is 6.10 Å². The van der Waals surface area contributed by atoms with E-state index in [4.69, 9.17) is 19.1 Å². The molecule has 4 rings (SSSR count). The number of unbranched alkanes of at least 4 members (excludes halogenated alkanes) is 2. The molecule has 196 valence electrons. The third-order valence-corrected chi connectivity index (χ3v) is 6.33. The third kappa shape index (κ3) is 9.56. The molecular formula is C30H42N2O4. The summed E-state index contributed by atoms with van der Waals surface area (Å²) in [7, 11) is 0. The van der Waals surface area contributed by atoms with Crippen LogP contribution in [0.2, 0.25) is 0 Å². The predicted octanol–water partition coefficient (Wildman–Crippen LogP) is 7.00. The molecule has 0 radical (unpaired) electrons. The van der Waals surface area contributed by atoms with E-state index in [2.05, 4.69) is 48.4 Å². The minimum atomic E-state index is 0.0739. The molecule has 2 aromatic rings. The minimum absolute atomic E-state index is 0.0739. The molecule has 0 bridgehead atoms. The van der Waals surface area contributed by atoms with E-state index >= 15 is 0 Å². The van der Waals surface area contributed by atoms with Crippen molar-refractivity contribution in [2.75, 3.05) is 19.8 Å². The quantitative estimate of drug-likeness (QED) is 0.319. The van der Waals surface area contributed by atoms with Gasteiger partial charge in [-0.15, -0.1) is 0 Å². The second-order valence-electron chi connectivity index (χ2n) is 9.60. The standard InChI is InChI=1S/2C15H21NO2/c1-3-4-5-13-6-8-15(9-7-13)17-10-14-11-18-16-12(14)2;1-3-4-5-13-6-8-14(9-7-13)17-11-15-10-12(2)16-18-15/h6-9,14H,3-5,10-11H2,1-2H3;6-9,15H,3-5,10-11H2,1-2H3. The van der Waals surface area contributed by atoms with Crippen LogP contribution in [-0.2, 0) is 22.5 Å². The van der Waals surface area contributed by atoms with E-state index in [1.165, 1.54) is 36.8 Å². The first-order valence-electron chi connectivity index (χ1n) is 13.4. The Morgan fingerprint density at radius 2 is 1.33 bits per heavy atom. The first kappa shape index (κ1) is 27.6. The maximum atomic E-state index is 5.76. The number of nitrogens with zero attached hydrogens (tertiary/aromatic N) is 2. The number of ether oxygens (including phenoxy) is 2. The second-order valence-corrected chi connectivity index (χ2v) is 9.60. The van der Waals surface area contributed by atoms with Gasteiger partial charge in [-0.3, -0.25) is 0 Å². The normalized spacial score (nSPS) is 18.3. The van der Waals surface area contributed by atoms with Gasteiger partial charge in [0.05, 0.1) is 23.9 Å². The number of rotatable bonds is 12. The van der Waals surface area contributed by atoms with Gasteiger partial charge >= 0.3 is 0 Å². The maximum absolute atomic E-state index is 5.76. The van der Waals surface area contributed by atoms with Gasteiger partial charge in [0.25, 0.3) is 0 Å². The summed E-state index contributed by atoms with van der Waals surface area (Å²) < 4.78 is 11.5. The molecule has 0 aliphatic carbocycles. The molecule has 2 unspecified atom stereocenters. The van der Waals surface area contributed by atoms with E-state index in [1.807, 2.05) is 38.1 Å². The monoisotopic (exact) mass is 494 g/mol. The summed E-state index contributed by atoms with van der Waals surface area (Å²) in [5, 5.41) is 7.83. The van der Waals surface area contributed by atoms with Crippen LogP contribution in [0, 0.1) is 5.92 Å². The number of hydrogen-bond donors (Lipinski definition) is 0. The van der Waals surface area contributed by atoms with Gasteiger partial charge in [-0.1, -0.05) is 61.3 Å². The summed E-state index contributed by atoms with van der Waals surface area (Å²) in [6, 6.07) is 16.8. The van der Waals surface area contributed by atoms with Crippen LogP contribution in [0.3, 0.4) is 0 Å². The number of aryl methyl sites for hydroxylation is 2. The SMILES string of the molecule is CCCCc1ccc(OCC2CC(C)=NO2)cc1.CCCCc1ccc(OCC2CON=C2C)cc1. The first-order valence-corrected chi connectivity index (χ1v) is 13.4. The van der Waals surface area contributed by atoms with Gasteiger partial charge in [0.2, 0.25) is 0 Å². The summed E-state index contributed by atoms with van der Waals surface area (Å²) in [5.74, 6) is 2.13. The van der Waals surface area contributed by atoms with Crippen LogP contribution >= 0.6 is 0 Å². The van der Waals surface area contributed by atoms with Gasteiger partial charge in [0.1, 0.15) is 24.7 Å². The molecule has 2 aliphatic heterocycles. The van der Waals surface area contributed by atoms with Gasteiger partial charge in [-0.25, -0.2) is 0 Å². The molecule has 0 saturated carbocycles. The summed E-state index contributed by atoms with van der Waals surface area (Å²) in [6.45, 7) is 10.2. The molecule has 6 heteroatoms. The molecule has 2 atom stereocenters. The highest BCUT2D eigenvalue weighted by molar-refractivity contribution is 5.85. The average Bonchev–Trinajstić information content (AvgIpc) is 3.52. The van der Waals surface area contributed by atoms with Crippen LogP contribution in [-0.4, -0.2) is 37.3 Å². The highest BCUT2D eigenvalue weighted by Crippen LogP contribution is 2.18. The first-order chi connectivity index (χ1) is 17.6. The summed E-state index contributed by atoms with van der Waals surface area (Å²) >= 11 is 0. The molecule has 2 heterocycles. The van der Waals surface area contributed by atoms with Crippen LogP contribution < -0.4 is 9.47 Å². The molecule has 0 amide bonds. The molecule has 2 aliphatic rings. The molecular weight excluding hydrogens is 452 g/mol. The molecule has 36 heavy (non-hydrogen) atoms. The molecule has 0 fully saturated rings. The Morgan fingerprint density at radius 3 is 1.78 bits per heavy atom. The van der Waals surface area contributed by atoms with Gasteiger partial charge < -0.3 is 19.1 Å². The Balaban J connectivity index is 0.000000201. The lowest BCUT2D eigenvalue weighted by molar-refractivity contribution is 0.0471. The summed E-state index contributed by atoms with van der Waals surface area (Å²) in [4.78, 5) is 10.3. The van der Waals surface area contributed by atoms with Crippen molar-refractivity contribution in [3.8, 4) is 11.5 Å². The van der Waals surface area contributed by atoms with Crippen molar-refractivity contribution < 1.29 is 19.1 Å². The molecule has 6 nitrogen and oxygen atoms in total. The van der Waals surface area contributed by atoms with Crippen molar-refractivity contribution >= 4 is 11.4 Å². The van der Waals surface area contributed by atoms with Crippen LogP contribution in [0.4, 0.5) is 0 Å². The highest BCUT2D eigenvalue weighted by Gasteiger charge is 2.20. The molecule has 2 aromatic carbocycles. The van der Waals surface area contributed by atoms with E-state index in [-0.39, 0.29) is 6.10 Å². The van der Waals surface area contributed by atoms with E-state index in [9.17, 15) is 0 Å². The van der Waals surface area contributed by atoms with E-state index in [0.717, 1.165) is 42.2 Å². The van der Waals surface area contributed by atoms with Crippen molar-refractivity contribution in [1.29, 1.82) is 0 Å². The van der Waals surface area contributed by atoms with Gasteiger partial charge in [-0.2, -0.15) is 0 Å². The fourth-order valence-electron chi connectivity index (χ4n) is 3.90. The predicted molar refractivity (Wildman–Crippen MR) is 146 cm³/mol. The van der Waals surface area contributed by atoms with Crippen LogP contribution in [0.25, 0.3) is 0 Å². The van der Waals surface area contributed by atoms with Crippen molar-refractivity contribution in [3.63, 3.8) is 0 Å². The molecule has 0 aromatic heterocycles. The minimum Gasteiger partial charge on any atom is -0.493 e. The second kappa shape index (κ2) is 15.2. The zero-order valence-electron chi connectivity index (χ0n) is 22.4. The van der Waals surface area contributed by atoms with E-state index < -0.39 is 0 Å². The van der Waals surface area contributed by atoms with Gasteiger partial charge in [-0.05, 0) is 74.9 Å². The Kier molecular flexibility index (Phi) is 11.6. The van der Waals surface area contributed by atoms with E-state index in [0.29, 0.717) is 25.7 Å². The molecule has 0 spiro atoms. The van der Waals surface area contributed by atoms with Crippen molar-refractivity contribution in [1.82, 2.24) is 0 Å². The number of hydrogen-bond acceptors (Lipinski definition) is 6. The van der Waals surface area contributed by atoms with Crippen molar-refractivity contribution in [2.45, 2.75) is 78.7 Å². The van der Waals surface area contributed by atoms with Crippen molar-refractivity contribution in [2.24, 2.45) is 16.2 Å². The fourth-order valence-corrected chi connectivity index (χ4v) is 3.90. The maximum Gasteiger partial charge on any atom is 0.166 e. The lowest BCUT2D eigenvalue weighted by Gasteiger charge is -2.10. The highest BCUT2D eigenvalue weighted by atomic mass is 16.7. The van der Waals surface area contributed by atoms with Gasteiger partial charge in [0, 0.05) is 6.42 Å². The fraction of sp³-hybridized carbons (Fsp3) is 0.533. The zero-order chi connectivity index (χ0) is 25.6. The molecule has 0 saturated heterocycles. The summed E-state index contributed by atoms with van der Waals surface area (Å²) in [5.41, 5.74) is 4.82. The topological polar surface area (TPSA) is 61.6 Å². The lowest BCUT2D eigenvalue weighted by atomic mass is 10.1. The Bertz CT molecular complexity index is 954. The zero-order valence-corrected chi connectivity index (χ0v) is 22.4. The molecule has 0 N–H and O–H groups in total. The average molecular weight is 495 g/mol. The van der Waals surface area contributed by atoms with Crippen LogP contribution in [0.5, 0.6) is 11.5 Å². The lowest BCUT2D eigenvalue weighted by Crippen LogP contribution is -2.19. The van der Waals surface area contributed by atoms with Crippen LogP contribution in [0.15, 0.2) is 58.8 Å². The number of benzene rings is 2. The summed E-state index contributed by atoms with van der Waals surface area (Å²) in [6.07, 6.45) is 8.20. The van der Waals surface area contributed by atoms with Crippen LogP contribution in [0.1, 0.15) is 70.9 Å². The van der Waals surface area contributed by atoms with E-state index in [1.54, 1.807) is 0 Å². The Hall–Kier alpha value is -3.02. The Morgan fingerprint density at radius 1 is 0.778 bits per heavy atom. The number of oxime groups is 2. The largest absolute Gasteiger partial charge is 0.493 e. The third-order valence-electron chi connectivity index (χ3n) is 6.33. The smallest absolute Gasteiger partial charge is 0.166 e. The Labute approximate surface area is 216 Å². The van der Waals surface area contributed by atoms with Crippen molar-refractivity contribution in [3.05, 3.63) is 59.7 Å².